The molecule has 0 spiro atoms. The topological polar surface area (TPSA) is 77.9 Å². The number of thiophene rings is 1. The highest BCUT2D eigenvalue weighted by atomic mass is 32.1. The molecule has 7 heteroatoms. The number of nitrogens with zero attached hydrogens (tertiary/aromatic N) is 2. The van der Waals surface area contributed by atoms with Gasteiger partial charge in [0.1, 0.15) is 4.88 Å². The minimum absolute atomic E-state index is 0.00159. The van der Waals surface area contributed by atoms with Crippen LogP contribution in [0.15, 0.2) is 6.07 Å². The summed E-state index contributed by atoms with van der Waals surface area (Å²) in [5.41, 5.74) is 0.227. The first kappa shape index (κ1) is 25.3. The van der Waals surface area contributed by atoms with E-state index >= 15 is 0 Å². The number of carboxylic acids is 1. The Hall–Kier alpha value is -2.33. The smallest absolute Gasteiger partial charge is 0.348 e. The van der Waals surface area contributed by atoms with Crippen LogP contribution in [0.1, 0.15) is 80.8 Å². The molecule has 33 heavy (non-hydrogen) atoms. The molecule has 2 amide bonds. The molecule has 0 bridgehead atoms. The summed E-state index contributed by atoms with van der Waals surface area (Å²) in [7, 11) is 3.48. The Bertz CT molecular complexity index is 965. The van der Waals surface area contributed by atoms with Gasteiger partial charge in [0.15, 0.2) is 0 Å². The molecule has 6 nitrogen and oxygen atoms in total. The number of carbonyl (C=O) groups excluding carboxylic acids is 2. The quantitative estimate of drug-likeness (QED) is 0.620. The van der Waals surface area contributed by atoms with E-state index < -0.39 is 5.97 Å². The first-order valence-electron chi connectivity index (χ1n) is 11.8. The predicted octanol–water partition coefficient (Wildman–Crippen LogP) is 4.87. The number of carboxylic acid groups (broad SMARTS) is 1. The summed E-state index contributed by atoms with van der Waals surface area (Å²) in [4.78, 5) is 42.4. The lowest BCUT2D eigenvalue weighted by Gasteiger charge is -2.44. The van der Waals surface area contributed by atoms with Gasteiger partial charge in [0.05, 0.1) is 10.6 Å². The van der Waals surface area contributed by atoms with Crippen molar-refractivity contribution in [3.05, 3.63) is 15.8 Å². The molecule has 0 aromatic carbocycles. The molecule has 2 saturated carbocycles. The minimum atomic E-state index is -1.05. The number of amides is 2. The second-order valence-electron chi connectivity index (χ2n) is 10.9. The van der Waals surface area contributed by atoms with Crippen molar-refractivity contribution in [3.8, 4) is 11.8 Å². The second-order valence-corrected chi connectivity index (χ2v) is 11.9. The molecule has 0 atom stereocenters. The molecule has 2 aliphatic rings. The third-order valence-electron chi connectivity index (χ3n) is 6.60. The van der Waals surface area contributed by atoms with Crippen molar-refractivity contribution < 1.29 is 19.5 Å². The van der Waals surface area contributed by atoms with Crippen LogP contribution in [0.25, 0.3) is 0 Å². The lowest BCUT2D eigenvalue weighted by atomic mass is 9.76. The summed E-state index contributed by atoms with van der Waals surface area (Å²) >= 11 is 1.12. The summed E-state index contributed by atoms with van der Waals surface area (Å²) in [6.45, 7) is 8.22. The minimum Gasteiger partial charge on any atom is -0.477 e. The maximum Gasteiger partial charge on any atom is 0.348 e. The van der Waals surface area contributed by atoms with Gasteiger partial charge in [-0.05, 0) is 71.3 Å². The average molecular weight is 473 g/mol. The monoisotopic (exact) mass is 472 g/mol. The largest absolute Gasteiger partial charge is 0.477 e. The van der Waals surface area contributed by atoms with Crippen LogP contribution in [0.5, 0.6) is 0 Å². The van der Waals surface area contributed by atoms with Crippen molar-refractivity contribution in [1.82, 2.24) is 4.90 Å². The summed E-state index contributed by atoms with van der Waals surface area (Å²) in [5.74, 6) is 5.66. The van der Waals surface area contributed by atoms with Crippen LogP contribution >= 0.6 is 11.3 Å². The fourth-order valence-electron chi connectivity index (χ4n) is 4.59. The van der Waals surface area contributed by atoms with Crippen molar-refractivity contribution >= 4 is 34.8 Å². The zero-order valence-corrected chi connectivity index (χ0v) is 21.4. The highest BCUT2D eigenvalue weighted by Crippen LogP contribution is 2.42. The predicted molar refractivity (Wildman–Crippen MR) is 131 cm³/mol. The van der Waals surface area contributed by atoms with Crippen LogP contribution in [-0.4, -0.2) is 47.9 Å². The average Bonchev–Trinajstić information content (AvgIpc) is 3.12. The molecular weight excluding hydrogens is 436 g/mol. The molecule has 180 valence electrons. The fraction of sp³-hybridized carbons (Fsp3) is 0.654. The van der Waals surface area contributed by atoms with Gasteiger partial charge < -0.3 is 14.9 Å². The Labute approximate surface area is 201 Å². The van der Waals surface area contributed by atoms with Gasteiger partial charge in [-0.15, -0.1) is 11.3 Å². The van der Waals surface area contributed by atoms with Gasteiger partial charge in [0, 0.05) is 37.4 Å². The molecule has 0 unspecified atom stereocenters. The molecule has 0 saturated heterocycles. The Balaban J connectivity index is 1.96. The zero-order valence-electron chi connectivity index (χ0n) is 20.6. The fourth-order valence-corrected chi connectivity index (χ4v) is 5.43. The van der Waals surface area contributed by atoms with Gasteiger partial charge in [-0.25, -0.2) is 4.79 Å². The van der Waals surface area contributed by atoms with Crippen molar-refractivity contribution in [2.75, 3.05) is 19.0 Å². The molecule has 3 rings (SSSR count). The van der Waals surface area contributed by atoms with E-state index in [1.807, 2.05) is 20.8 Å². The van der Waals surface area contributed by atoms with Gasteiger partial charge in [0.25, 0.3) is 0 Å². The second kappa shape index (κ2) is 9.89. The van der Waals surface area contributed by atoms with E-state index in [9.17, 15) is 19.5 Å². The molecule has 1 heterocycles. The van der Waals surface area contributed by atoms with E-state index in [1.165, 1.54) is 0 Å². The summed E-state index contributed by atoms with van der Waals surface area (Å²) < 4.78 is 0. The Morgan fingerprint density at radius 3 is 2.15 bits per heavy atom. The number of carbonyl (C=O) groups is 3. The highest BCUT2D eigenvalue weighted by molar-refractivity contribution is 7.15. The molecule has 1 aromatic rings. The Kier molecular flexibility index (Phi) is 7.58. The van der Waals surface area contributed by atoms with Crippen LogP contribution in [-0.2, 0) is 9.59 Å². The van der Waals surface area contributed by atoms with E-state index in [0.29, 0.717) is 29.3 Å². The number of aromatic carboxylic acids is 1. The zero-order chi connectivity index (χ0) is 24.5. The van der Waals surface area contributed by atoms with Crippen LogP contribution in [0, 0.1) is 35.0 Å². The third-order valence-corrected chi connectivity index (χ3v) is 7.63. The van der Waals surface area contributed by atoms with Gasteiger partial charge in [0.2, 0.25) is 11.8 Å². The summed E-state index contributed by atoms with van der Waals surface area (Å²) in [6, 6.07) is 1.60. The third kappa shape index (κ3) is 5.97. The van der Waals surface area contributed by atoms with E-state index in [4.69, 9.17) is 0 Å². The van der Waals surface area contributed by atoms with Crippen LogP contribution < -0.4 is 4.90 Å². The molecule has 2 aliphatic carbocycles. The lowest BCUT2D eigenvalue weighted by molar-refractivity contribution is -0.137. The van der Waals surface area contributed by atoms with Crippen molar-refractivity contribution in [1.29, 1.82) is 0 Å². The molecular formula is C26H36N2O4S. The standard InChI is InChI=1S/C26H36N2O4S/c1-16-7-9-17(10-8-16)24(30)28(19-13-18(14-19)23(29)27(5)6)21-15-20(11-12-26(2,3)4)33-22(21)25(31)32/h15-19H,7-10,13-14H2,1-6H3,(H,31,32)/t16-,17+,18-,19-. The summed E-state index contributed by atoms with van der Waals surface area (Å²) in [5, 5.41) is 9.93. The van der Waals surface area contributed by atoms with Gasteiger partial charge >= 0.3 is 5.97 Å². The van der Waals surface area contributed by atoms with Gasteiger partial charge in [-0.2, -0.15) is 0 Å². The van der Waals surface area contributed by atoms with Crippen molar-refractivity contribution in [3.63, 3.8) is 0 Å². The van der Waals surface area contributed by atoms with Crippen molar-refractivity contribution in [2.24, 2.45) is 23.2 Å². The maximum atomic E-state index is 13.8. The molecule has 1 aromatic heterocycles. The molecule has 0 radical (unpaired) electrons. The van der Waals surface area contributed by atoms with Crippen LogP contribution in [0.3, 0.4) is 0 Å². The van der Waals surface area contributed by atoms with Crippen molar-refractivity contribution in [2.45, 2.75) is 72.3 Å². The SMILES string of the molecule is CN(C)C(=O)[C@H]1C[C@H](N(c2cc(C#CC(C)(C)C)sc2C(=O)O)C(=O)[C@H]2CC[C@@H](C)CC2)C1. The number of anilines is 1. The maximum absolute atomic E-state index is 13.8. The molecule has 1 N–H and O–H groups in total. The number of rotatable bonds is 5. The first-order chi connectivity index (χ1) is 15.4. The van der Waals surface area contributed by atoms with Gasteiger partial charge in [-0.3, -0.25) is 9.59 Å². The Morgan fingerprint density at radius 1 is 1.03 bits per heavy atom. The molecule has 2 fully saturated rings. The van der Waals surface area contributed by atoms with Gasteiger partial charge in [-0.1, -0.05) is 18.8 Å². The number of hydrogen-bond donors (Lipinski definition) is 1. The highest BCUT2D eigenvalue weighted by Gasteiger charge is 2.44. The lowest BCUT2D eigenvalue weighted by Crippen LogP contribution is -2.53. The van der Waals surface area contributed by atoms with Crippen LogP contribution in [0.4, 0.5) is 5.69 Å². The Morgan fingerprint density at radius 2 is 1.64 bits per heavy atom. The summed E-state index contributed by atoms with van der Waals surface area (Å²) in [6.07, 6.45) is 4.79. The van der Waals surface area contributed by atoms with E-state index in [1.54, 1.807) is 30.0 Å². The van der Waals surface area contributed by atoms with E-state index in [0.717, 1.165) is 37.0 Å². The first-order valence-corrected chi connectivity index (χ1v) is 12.6. The van der Waals surface area contributed by atoms with E-state index in [2.05, 4.69) is 18.8 Å². The number of hydrogen-bond acceptors (Lipinski definition) is 4. The van der Waals surface area contributed by atoms with E-state index in [-0.39, 0.29) is 40.0 Å². The molecule has 0 aliphatic heterocycles. The normalized spacial score (nSPS) is 24.8. The van der Waals surface area contributed by atoms with Crippen LogP contribution in [0.2, 0.25) is 0 Å².